The minimum absolute atomic E-state index is 0.281. The maximum absolute atomic E-state index is 5.77. The van der Waals surface area contributed by atoms with Crippen LogP contribution in [0.5, 0.6) is 17.2 Å². The topological polar surface area (TPSA) is 84.4 Å². The zero-order chi connectivity index (χ0) is 16.1. The molecular formula is C15H20N4O3. The molecule has 7 heteroatoms. The van der Waals surface area contributed by atoms with Gasteiger partial charge in [0.05, 0.1) is 33.6 Å². The minimum atomic E-state index is 0.281. The van der Waals surface area contributed by atoms with Crippen molar-refractivity contribution >= 4 is 0 Å². The molecule has 0 radical (unpaired) electrons. The van der Waals surface area contributed by atoms with Crippen molar-refractivity contribution in [1.29, 1.82) is 0 Å². The van der Waals surface area contributed by atoms with Gasteiger partial charge in [-0.1, -0.05) is 11.3 Å². The number of methoxy groups -OCH3 is 3. The molecule has 0 aliphatic rings. The van der Waals surface area contributed by atoms with E-state index in [9.17, 15) is 0 Å². The van der Waals surface area contributed by atoms with Crippen LogP contribution in [0, 0.1) is 0 Å². The van der Waals surface area contributed by atoms with Crippen LogP contribution in [0.15, 0.2) is 24.8 Å². The number of allylic oxidation sites excluding steroid dienone is 1. The van der Waals surface area contributed by atoms with Gasteiger partial charge in [0.1, 0.15) is 5.69 Å². The van der Waals surface area contributed by atoms with E-state index < -0.39 is 0 Å². The van der Waals surface area contributed by atoms with Gasteiger partial charge in [-0.2, -0.15) is 0 Å². The highest BCUT2D eigenvalue weighted by molar-refractivity contribution is 5.70. The highest BCUT2D eigenvalue weighted by Gasteiger charge is 2.19. The van der Waals surface area contributed by atoms with E-state index in [0.29, 0.717) is 29.5 Å². The molecule has 0 aliphatic carbocycles. The number of hydrogen-bond donors (Lipinski definition) is 1. The number of nitrogens with two attached hydrogens (primary N) is 1. The molecule has 0 spiro atoms. The van der Waals surface area contributed by atoms with Crippen molar-refractivity contribution in [2.45, 2.75) is 13.1 Å². The second-order valence-corrected chi connectivity index (χ2v) is 4.47. The lowest BCUT2D eigenvalue weighted by molar-refractivity contribution is 0.324. The van der Waals surface area contributed by atoms with Crippen LogP contribution < -0.4 is 19.9 Å². The molecule has 2 rings (SSSR count). The van der Waals surface area contributed by atoms with Gasteiger partial charge in [-0.25, -0.2) is 4.68 Å². The monoisotopic (exact) mass is 304 g/mol. The molecule has 0 aliphatic heterocycles. The van der Waals surface area contributed by atoms with Gasteiger partial charge in [0.2, 0.25) is 5.75 Å². The molecule has 1 heterocycles. The van der Waals surface area contributed by atoms with Crippen LogP contribution in [0.25, 0.3) is 11.3 Å². The third kappa shape index (κ3) is 2.75. The lowest BCUT2D eigenvalue weighted by Gasteiger charge is -2.15. The van der Waals surface area contributed by atoms with Crippen molar-refractivity contribution in [2.24, 2.45) is 5.73 Å². The van der Waals surface area contributed by atoms with Crippen molar-refractivity contribution in [3.63, 3.8) is 0 Å². The van der Waals surface area contributed by atoms with Crippen LogP contribution >= 0.6 is 0 Å². The molecular weight excluding hydrogens is 284 g/mol. The van der Waals surface area contributed by atoms with Gasteiger partial charge < -0.3 is 19.9 Å². The highest BCUT2D eigenvalue weighted by Crippen LogP contribution is 2.41. The van der Waals surface area contributed by atoms with Gasteiger partial charge in [-0.05, 0) is 12.1 Å². The van der Waals surface area contributed by atoms with E-state index in [1.54, 1.807) is 32.1 Å². The lowest BCUT2D eigenvalue weighted by atomic mass is 10.1. The maximum Gasteiger partial charge on any atom is 0.203 e. The Balaban J connectivity index is 2.66. The average Bonchev–Trinajstić information content (AvgIpc) is 2.96. The summed E-state index contributed by atoms with van der Waals surface area (Å²) in [7, 11) is 4.71. The second-order valence-electron chi connectivity index (χ2n) is 4.47. The fourth-order valence-corrected chi connectivity index (χ4v) is 2.27. The van der Waals surface area contributed by atoms with Crippen molar-refractivity contribution in [1.82, 2.24) is 15.0 Å². The van der Waals surface area contributed by atoms with Gasteiger partial charge in [0.15, 0.2) is 11.5 Å². The van der Waals surface area contributed by atoms with Gasteiger partial charge in [-0.3, -0.25) is 0 Å². The molecule has 0 unspecified atom stereocenters. The van der Waals surface area contributed by atoms with E-state index in [0.717, 1.165) is 11.3 Å². The molecule has 22 heavy (non-hydrogen) atoms. The van der Waals surface area contributed by atoms with Gasteiger partial charge in [0, 0.05) is 12.1 Å². The molecule has 1 aromatic carbocycles. The number of ether oxygens (including phenoxy) is 3. The predicted octanol–water partition coefficient (Wildman–Crippen LogP) is 1.62. The third-order valence-electron chi connectivity index (χ3n) is 3.24. The molecule has 118 valence electrons. The van der Waals surface area contributed by atoms with Crippen LogP contribution in [0.3, 0.4) is 0 Å². The quantitative estimate of drug-likeness (QED) is 0.782. The molecule has 0 fully saturated rings. The van der Waals surface area contributed by atoms with E-state index in [-0.39, 0.29) is 6.54 Å². The van der Waals surface area contributed by atoms with Crippen molar-refractivity contribution < 1.29 is 14.2 Å². The Morgan fingerprint density at radius 1 is 1.18 bits per heavy atom. The fourth-order valence-electron chi connectivity index (χ4n) is 2.27. The summed E-state index contributed by atoms with van der Waals surface area (Å²) >= 11 is 0. The summed E-state index contributed by atoms with van der Waals surface area (Å²) in [5, 5.41) is 8.22. The molecule has 0 amide bonds. The Morgan fingerprint density at radius 3 is 2.27 bits per heavy atom. The molecule has 0 bridgehead atoms. The summed E-state index contributed by atoms with van der Waals surface area (Å²) in [4.78, 5) is 0. The van der Waals surface area contributed by atoms with Crippen molar-refractivity contribution in [3.8, 4) is 28.5 Å². The summed E-state index contributed by atoms with van der Waals surface area (Å²) in [6, 6.07) is 3.69. The Bertz CT molecular complexity index is 642. The Hall–Kier alpha value is -2.54. The zero-order valence-electron chi connectivity index (χ0n) is 13.0. The summed E-state index contributed by atoms with van der Waals surface area (Å²) in [6.45, 7) is 4.54. The van der Waals surface area contributed by atoms with Gasteiger partial charge in [0.25, 0.3) is 0 Å². The standard InChI is InChI=1S/C15H20N4O3/c1-5-6-19-14(11(9-16)17-18-19)10-7-12(20-2)15(22-4)13(8-10)21-3/h5,7-8H,1,6,9,16H2,2-4H3. The minimum Gasteiger partial charge on any atom is -0.493 e. The van der Waals surface area contributed by atoms with Crippen molar-refractivity contribution in [2.75, 3.05) is 21.3 Å². The van der Waals surface area contributed by atoms with Gasteiger partial charge >= 0.3 is 0 Å². The summed E-state index contributed by atoms with van der Waals surface area (Å²) in [5.41, 5.74) is 8.10. The highest BCUT2D eigenvalue weighted by atomic mass is 16.5. The van der Waals surface area contributed by atoms with Crippen LogP contribution in [0.4, 0.5) is 0 Å². The first kappa shape index (κ1) is 15.8. The predicted molar refractivity (Wildman–Crippen MR) is 83.2 cm³/mol. The Morgan fingerprint density at radius 2 is 1.82 bits per heavy atom. The van der Waals surface area contributed by atoms with Crippen LogP contribution in [-0.4, -0.2) is 36.3 Å². The lowest BCUT2D eigenvalue weighted by Crippen LogP contribution is -2.04. The first-order valence-corrected chi connectivity index (χ1v) is 6.73. The number of nitrogens with zero attached hydrogens (tertiary/aromatic N) is 3. The van der Waals surface area contributed by atoms with Crippen LogP contribution in [-0.2, 0) is 13.1 Å². The Kier molecular flexibility index (Phi) is 5.00. The van der Waals surface area contributed by atoms with E-state index in [4.69, 9.17) is 19.9 Å². The molecule has 0 saturated carbocycles. The normalized spacial score (nSPS) is 10.4. The number of benzene rings is 1. The number of rotatable bonds is 7. The smallest absolute Gasteiger partial charge is 0.203 e. The molecule has 1 aromatic heterocycles. The van der Waals surface area contributed by atoms with Crippen LogP contribution in [0.2, 0.25) is 0 Å². The SMILES string of the molecule is C=CCn1nnc(CN)c1-c1cc(OC)c(OC)c(OC)c1. The molecule has 0 saturated heterocycles. The summed E-state index contributed by atoms with van der Waals surface area (Å²) in [6.07, 6.45) is 1.75. The van der Waals surface area contributed by atoms with E-state index in [2.05, 4.69) is 16.9 Å². The number of hydrogen-bond acceptors (Lipinski definition) is 6. The van der Waals surface area contributed by atoms with E-state index >= 15 is 0 Å². The molecule has 2 N–H and O–H groups in total. The van der Waals surface area contributed by atoms with Gasteiger partial charge in [-0.15, -0.1) is 11.7 Å². The second kappa shape index (κ2) is 6.95. The molecule has 7 nitrogen and oxygen atoms in total. The average molecular weight is 304 g/mol. The fraction of sp³-hybridized carbons (Fsp3) is 0.333. The first-order valence-electron chi connectivity index (χ1n) is 6.73. The maximum atomic E-state index is 5.77. The molecule has 0 atom stereocenters. The summed E-state index contributed by atoms with van der Waals surface area (Å²) < 4.78 is 17.8. The van der Waals surface area contributed by atoms with E-state index in [1.165, 1.54) is 0 Å². The molecule has 2 aromatic rings. The Labute approximate surface area is 129 Å². The summed E-state index contributed by atoms with van der Waals surface area (Å²) in [5.74, 6) is 1.66. The zero-order valence-corrected chi connectivity index (χ0v) is 13.0. The van der Waals surface area contributed by atoms with Crippen LogP contribution in [0.1, 0.15) is 5.69 Å². The third-order valence-corrected chi connectivity index (χ3v) is 3.24. The van der Waals surface area contributed by atoms with Crippen molar-refractivity contribution in [3.05, 3.63) is 30.5 Å². The first-order chi connectivity index (χ1) is 10.7. The largest absolute Gasteiger partial charge is 0.493 e. The van der Waals surface area contributed by atoms with E-state index in [1.807, 2.05) is 12.1 Å². The number of aromatic nitrogens is 3.